The number of hydrogen-bond acceptors (Lipinski definition) is 6. The number of rotatable bonds is 7. The second kappa shape index (κ2) is 10.0. The van der Waals surface area contributed by atoms with Crippen molar-refractivity contribution in [3.63, 3.8) is 0 Å². The van der Waals surface area contributed by atoms with Gasteiger partial charge in [-0.2, -0.15) is 5.21 Å². The number of halogens is 2. The van der Waals surface area contributed by atoms with Gasteiger partial charge in [0.15, 0.2) is 6.61 Å². The van der Waals surface area contributed by atoms with Gasteiger partial charge >= 0.3 is 0 Å². The lowest BCUT2D eigenvalue weighted by molar-refractivity contribution is -0.118. The number of ether oxygens (including phenoxy) is 1. The van der Waals surface area contributed by atoms with E-state index in [1.54, 1.807) is 48.5 Å². The molecule has 2 amide bonds. The molecule has 4 aromatic rings. The maximum atomic E-state index is 14.1. The van der Waals surface area contributed by atoms with E-state index in [0.717, 1.165) is 4.47 Å². The van der Waals surface area contributed by atoms with Gasteiger partial charge in [-0.25, -0.2) is 4.39 Å². The number of para-hydroxylation sites is 1. The molecule has 11 heteroatoms. The summed E-state index contributed by atoms with van der Waals surface area (Å²) in [5.74, 6) is -1.15. The van der Waals surface area contributed by atoms with Gasteiger partial charge in [-0.1, -0.05) is 28.1 Å². The van der Waals surface area contributed by atoms with Crippen LogP contribution in [0.15, 0.2) is 71.2 Å². The number of carbonyl (C=O) groups is 2. The minimum Gasteiger partial charge on any atom is -0.483 e. The minimum absolute atomic E-state index is 0.0594. The summed E-state index contributed by atoms with van der Waals surface area (Å²) in [4.78, 5) is 25.1. The highest BCUT2D eigenvalue weighted by Crippen LogP contribution is 2.24. The molecule has 3 N–H and O–H groups in total. The predicted molar refractivity (Wildman–Crippen MR) is 122 cm³/mol. The Morgan fingerprint density at radius 3 is 2.52 bits per heavy atom. The van der Waals surface area contributed by atoms with E-state index in [4.69, 9.17) is 4.74 Å². The summed E-state index contributed by atoms with van der Waals surface area (Å²) in [7, 11) is 0. The molecule has 0 saturated heterocycles. The molecule has 0 bridgehead atoms. The second-order valence-electron chi connectivity index (χ2n) is 6.72. The number of H-pyrrole nitrogens is 1. The van der Waals surface area contributed by atoms with Gasteiger partial charge in [0.1, 0.15) is 11.6 Å². The van der Waals surface area contributed by atoms with Crippen molar-refractivity contribution in [2.45, 2.75) is 0 Å². The van der Waals surface area contributed by atoms with Crippen molar-refractivity contribution in [2.75, 3.05) is 17.2 Å². The van der Waals surface area contributed by atoms with Gasteiger partial charge in [0.2, 0.25) is 5.82 Å². The fourth-order valence-corrected chi connectivity index (χ4v) is 3.17. The summed E-state index contributed by atoms with van der Waals surface area (Å²) in [6.07, 6.45) is 0. The molecule has 0 saturated carbocycles. The molecule has 0 fully saturated rings. The third-order valence-electron chi connectivity index (χ3n) is 4.43. The standard InChI is InChI=1S/C22H16BrFN6O3/c23-13-5-7-14(8-6-13)25-20(31)12-33-19-4-2-1-3-16(19)22(32)26-15-9-10-18(24)17(11-15)21-27-29-30-28-21/h1-11H,12H2,(H,25,31)(H,26,32)(H,27,28,29,30). The van der Waals surface area contributed by atoms with Crippen LogP contribution in [0.1, 0.15) is 10.4 Å². The van der Waals surface area contributed by atoms with Crippen LogP contribution in [0.3, 0.4) is 0 Å². The molecule has 0 unspecified atom stereocenters. The third-order valence-corrected chi connectivity index (χ3v) is 4.96. The quantitative estimate of drug-likeness (QED) is 0.345. The van der Waals surface area contributed by atoms with Gasteiger partial charge in [0.05, 0.1) is 11.1 Å². The maximum Gasteiger partial charge on any atom is 0.262 e. The van der Waals surface area contributed by atoms with E-state index in [2.05, 4.69) is 47.2 Å². The molecule has 9 nitrogen and oxygen atoms in total. The van der Waals surface area contributed by atoms with Gasteiger partial charge in [0.25, 0.3) is 11.8 Å². The molecule has 166 valence electrons. The average Bonchev–Trinajstić information content (AvgIpc) is 3.35. The van der Waals surface area contributed by atoms with Gasteiger partial charge in [-0.3, -0.25) is 9.59 Å². The zero-order chi connectivity index (χ0) is 23.2. The number of amides is 2. The van der Waals surface area contributed by atoms with Crippen LogP contribution < -0.4 is 15.4 Å². The van der Waals surface area contributed by atoms with Crippen molar-refractivity contribution in [3.8, 4) is 17.1 Å². The Bertz CT molecular complexity index is 1280. The molecule has 33 heavy (non-hydrogen) atoms. The summed E-state index contributed by atoms with van der Waals surface area (Å²) < 4.78 is 20.6. The van der Waals surface area contributed by atoms with Crippen molar-refractivity contribution < 1.29 is 18.7 Å². The van der Waals surface area contributed by atoms with E-state index in [1.165, 1.54) is 18.2 Å². The van der Waals surface area contributed by atoms with E-state index in [-0.39, 0.29) is 35.2 Å². The molecule has 0 aliphatic heterocycles. The van der Waals surface area contributed by atoms with Crippen LogP contribution in [0.5, 0.6) is 5.75 Å². The fraction of sp³-hybridized carbons (Fsp3) is 0.0455. The van der Waals surface area contributed by atoms with E-state index in [1.807, 2.05) is 0 Å². The number of carbonyl (C=O) groups excluding carboxylic acids is 2. The summed E-state index contributed by atoms with van der Waals surface area (Å²) in [5.41, 5.74) is 1.23. The Morgan fingerprint density at radius 2 is 1.76 bits per heavy atom. The lowest BCUT2D eigenvalue weighted by atomic mass is 10.1. The number of benzene rings is 3. The predicted octanol–water partition coefficient (Wildman–Crippen LogP) is 4.04. The number of tetrazole rings is 1. The molecule has 0 spiro atoms. The zero-order valence-corrected chi connectivity index (χ0v) is 18.5. The summed E-state index contributed by atoms with van der Waals surface area (Å²) in [5, 5.41) is 18.6. The van der Waals surface area contributed by atoms with Crippen LogP contribution >= 0.6 is 15.9 Å². The largest absolute Gasteiger partial charge is 0.483 e. The number of nitrogens with zero attached hydrogens (tertiary/aromatic N) is 3. The SMILES string of the molecule is O=C(COc1ccccc1C(=O)Nc1ccc(F)c(-c2nn[nH]n2)c1)Nc1ccc(Br)cc1. The Balaban J connectivity index is 1.43. The Morgan fingerprint density at radius 1 is 1.00 bits per heavy atom. The Hall–Kier alpha value is -4.12. The second-order valence-corrected chi connectivity index (χ2v) is 7.64. The minimum atomic E-state index is -0.560. The van der Waals surface area contributed by atoms with Crippen molar-refractivity contribution in [1.29, 1.82) is 0 Å². The smallest absolute Gasteiger partial charge is 0.262 e. The van der Waals surface area contributed by atoms with Gasteiger partial charge in [-0.15, -0.1) is 10.2 Å². The monoisotopic (exact) mass is 510 g/mol. The molecule has 0 aliphatic rings. The van der Waals surface area contributed by atoms with Crippen LogP contribution in [-0.2, 0) is 4.79 Å². The fourth-order valence-electron chi connectivity index (χ4n) is 2.90. The molecule has 0 aliphatic carbocycles. The molecule has 4 rings (SSSR count). The average molecular weight is 511 g/mol. The van der Waals surface area contributed by atoms with Gasteiger partial charge in [-0.05, 0) is 59.8 Å². The number of aromatic amines is 1. The number of hydrogen-bond donors (Lipinski definition) is 3. The summed E-state index contributed by atoms with van der Waals surface area (Å²) >= 11 is 3.33. The maximum absolute atomic E-state index is 14.1. The van der Waals surface area contributed by atoms with E-state index in [9.17, 15) is 14.0 Å². The van der Waals surface area contributed by atoms with Gasteiger partial charge < -0.3 is 15.4 Å². The molecular formula is C22H16BrFN6O3. The number of nitrogens with one attached hydrogen (secondary N) is 3. The first-order valence-electron chi connectivity index (χ1n) is 9.61. The lowest BCUT2D eigenvalue weighted by Crippen LogP contribution is -2.21. The highest BCUT2D eigenvalue weighted by atomic mass is 79.9. The lowest BCUT2D eigenvalue weighted by Gasteiger charge is -2.12. The summed E-state index contributed by atoms with van der Waals surface area (Å²) in [6, 6.07) is 17.6. The number of aromatic nitrogens is 4. The van der Waals surface area contributed by atoms with Gasteiger partial charge in [0, 0.05) is 15.8 Å². The topological polar surface area (TPSA) is 122 Å². The third kappa shape index (κ3) is 5.57. The van der Waals surface area contributed by atoms with Crippen molar-refractivity contribution in [3.05, 3.63) is 82.6 Å². The van der Waals surface area contributed by atoms with Crippen LogP contribution in [0.25, 0.3) is 11.4 Å². The first kappa shape index (κ1) is 22.1. The van der Waals surface area contributed by atoms with Crippen LogP contribution in [0.4, 0.5) is 15.8 Å². The zero-order valence-electron chi connectivity index (χ0n) is 16.9. The van der Waals surface area contributed by atoms with Crippen molar-refractivity contribution in [1.82, 2.24) is 20.6 Å². The van der Waals surface area contributed by atoms with E-state index >= 15 is 0 Å². The molecule has 0 atom stereocenters. The van der Waals surface area contributed by atoms with Crippen LogP contribution in [0.2, 0.25) is 0 Å². The highest BCUT2D eigenvalue weighted by molar-refractivity contribution is 9.10. The first-order chi connectivity index (χ1) is 16.0. The molecule has 3 aromatic carbocycles. The first-order valence-corrected chi connectivity index (χ1v) is 10.4. The molecule has 1 aromatic heterocycles. The highest BCUT2D eigenvalue weighted by Gasteiger charge is 2.16. The van der Waals surface area contributed by atoms with Crippen molar-refractivity contribution >= 4 is 39.1 Å². The van der Waals surface area contributed by atoms with E-state index < -0.39 is 11.7 Å². The molecular weight excluding hydrogens is 495 g/mol. The Labute approximate surface area is 195 Å². The normalized spacial score (nSPS) is 10.5. The molecule has 1 heterocycles. The van der Waals surface area contributed by atoms with E-state index in [0.29, 0.717) is 11.4 Å². The summed E-state index contributed by atoms with van der Waals surface area (Å²) in [6.45, 7) is -0.293. The number of anilines is 2. The van der Waals surface area contributed by atoms with Crippen LogP contribution in [-0.4, -0.2) is 39.0 Å². The van der Waals surface area contributed by atoms with Crippen molar-refractivity contribution in [2.24, 2.45) is 0 Å². The molecule has 0 radical (unpaired) electrons. The van der Waals surface area contributed by atoms with Crippen LogP contribution in [0, 0.1) is 5.82 Å². The Kier molecular flexibility index (Phi) is 6.69.